The minimum atomic E-state index is -0.852. The van der Waals surface area contributed by atoms with E-state index in [1.165, 1.54) is 0 Å². The van der Waals surface area contributed by atoms with Crippen molar-refractivity contribution in [3.8, 4) is 0 Å². The van der Waals surface area contributed by atoms with Crippen LogP contribution in [0.4, 0.5) is 0 Å². The van der Waals surface area contributed by atoms with Crippen molar-refractivity contribution in [2.24, 2.45) is 11.8 Å². The smallest absolute Gasteiger partial charge is 0.303 e. The monoisotopic (exact) mass is 296 g/mol. The highest BCUT2D eigenvalue weighted by Crippen LogP contribution is 2.15. The highest BCUT2D eigenvalue weighted by atomic mass is 16.4. The number of carbonyl (C=O) groups excluding carboxylic acids is 1. The van der Waals surface area contributed by atoms with Crippen LogP contribution in [-0.2, 0) is 4.79 Å². The van der Waals surface area contributed by atoms with Crippen molar-refractivity contribution in [2.45, 2.75) is 46.5 Å². The summed E-state index contributed by atoms with van der Waals surface area (Å²) in [6.07, 6.45) is 0.793. The van der Waals surface area contributed by atoms with Crippen LogP contribution in [0.2, 0.25) is 0 Å². The summed E-state index contributed by atoms with van der Waals surface area (Å²) in [4.78, 5) is 26.9. The lowest BCUT2D eigenvalue weighted by atomic mass is 9.94. The largest absolute Gasteiger partial charge is 0.481 e. The maximum absolute atomic E-state index is 12.0. The van der Waals surface area contributed by atoms with Crippen molar-refractivity contribution < 1.29 is 14.7 Å². The number of carboxylic acid groups (broad SMARTS) is 1. The predicted octanol–water partition coefficient (Wildman–Crippen LogP) is 1.79. The van der Waals surface area contributed by atoms with Crippen LogP contribution < -0.4 is 5.32 Å². The summed E-state index contributed by atoms with van der Waals surface area (Å²) in [6.45, 7) is 8.28. The number of amides is 1. The third kappa shape index (κ3) is 5.93. The van der Waals surface area contributed by atoms with Crippen LogP contribution in [0.1, 0.15) is 62.9 Å². The zero-order valence-electron chi connectivity index (χ0n) is 13.0. The van der Waals surface area contributed by atoms with Gasteiger partial charge in [-0.2, -0.15) is 0 Å². The van der Waals surface area contributed by atoms with Gasteiger partial charge in [0.15, 0.2) is 0 Å². The molecule has 7 heteroatoms. The highest BCUT2D eigenvalue weighted by molar-refractivity contribution is 5.90. The summed E-state index contributed by atoms with van der Waals surface area (Å²) in [5.41, 5.74) is 0. The molecule has 0 saturated carbocycles. The summed E-state index contributed by atoms with van der Waals surface area (Å²) in [6, 6.07) is 0. The number of rotatable bonds is 8. The molecule has 0 unspecified atom stereocenters. The Hall–Kier alpha value is -1.92. The van der Waals surface area contributed by atoms with Crippen LogP contribution >= 0.6 is 0 Å². The lowest BCUT2D eigenvalue weighted by molar-refractivity contribution is -0.138. The van der Waals surface area contributed by atoms with Gasteiger partial charge in [0.05, 0.1) is 0 Å². The molecular formula is C14H24N4O3. The number of nitrogens with one attached hydrogen (secondary N) is 2. The van der Waals surface area contributed by atoms with E-state index in [0.717, 1.165) is 6.42 Å². The standard InChI is InChI=1S/C14H24N4O3/c1-8(2)5-10(6-11(19)20)7-15-14(21)13-16-12(9(3)4)17-18-13/h8-10H,5-7H2,1-4H3,(H,15,21)(H,19,20)(H,16,17,18)/t10-/m0/s1. The van der Waals surface area contributed by atoms with E-state index in [0.29, 0.717) is 18.3 Å². The third-order valence-electron chi connectivity index (χ3n) is 3.07. The minimum absolute atomic E-state index is 0.0453. The molecule has 0 aliphatic heterocycles. The van der Waals surface area contributed by atoms with Crippen LogP contribution in [0.25, 0.3) is 0 Å². The zero-order valence-corrected chi connectivity index (χ0v) is 13.0. The summed E-state index contributed by atoms with van der Waals surface area (Å²) < 4.78 is 0. The van der Waals surface area contributed by atoms with Crippen LogP contribution in [0.3, 0.4) is 0 Å². The highest BCUT2D eigenvalue weighted by Gasteiger charge is 2.18. The molecule has 0 fully saturated rings. The molecule has 21 heavy (non-hydrogen) atoms. The molecule has 0 spiro atoms. The molecule has 0 radical (unpaired) electrons. The molecule has 1 aromatic heterocycles. The Morgan fingerprint density at radius 3 is 2.43 bits per heavy atom. The van der Waals surface area contributed by atoms with Gasteiger partial charge in [-0.1, -0.05) is 27.7 Å². The molecular weight excluding hydrogens is 272 g/mol. The number of aromatic nitrogens is 3. The zero-order chi connectivity index (χ0) is 16.0. The van der Waals surface area contributed by atoms with Gasteiger partial charge in [0.2, 0.25) is 5.82 Å². The first-order valence-corrected chi connectivity index (χ1v) is 7.21. The molecule has 0 saturated heterocycles. The second kappa shape index (κ2) is 7.75. The second-order valence-corrected chi connectivity index (χ2v) is 6.00. The van der Waals surface area contributed by atoms with Gasteiger partial charge in [-0.3, -0.25) is 14.7 Å². The quantitative estimate of drug-likeness (QED) is 0.678. The topological polar surface area (TPSA) is 108 Å². The molecule has 1 atom stereocenters. The maximum atomic E-state index is 12.0. The SMILES string of the molecule is CC(C)C[C@H](CNC(=O)c1n[nH]c(C(C)C)n1)CC(=O)O. The van der Waals surface area contributed by atoms with E-state index in [2.05, 4.69) is 20.5 Å². The molecule has 1 aromatic rings. The number of carbonyl (C=O) groups is 2. The summed E-state index contributed by atoms with van der Waals surface area (Å²) in [5, 5.41) is 18.2. The molecule has 118 valence electrons. The van der Waals surface area contributed by atoms with E-state index in [4.69, 9.17) is 5.11 Å². The van der Waals surface area contributed by atoms with E-state index in [9.17, 15) is 9.59 Å². The summed E-state index contributed by atoms with van der Waals surface area (Å²) >= 11 is 0. The number of hydrogen-bond donors (Lipinski definition) is 3. The van der Waals surface area contributed by atoms with Gasteiger partial charge < -0.3 is 10.4 Å². The van der Waals surface area contributed by atoms with E-state index in [1.807, 2.05) is 27.7 Å². The van der Waals surface area contributed by atoms with Gasteiger partial charge in [-0.05, 0) is 18.3 Å². The Kier molecular flexibility index (Phi) is 6.33. The summed E-state index contributed by atoms with van der Waals surface area (Å²) in [7, 11) is 0. The van der Waals surface area contributed by atoms with Gasteiger partial charge in [-0.15, -0.1) is 5.10 Å². The van der Waals surface area contributed by atoms with Gasteiger partial charge >= 0.3 is 5.97 Å². The molecule has 0 aliphatic rings. The van der Waals surface area contributed by atoms with Crippen LogP contribution in [0.15, 0.2) is 0 Å². The Bertz CT molecular complexity index is 482. The summed E-state index contributed by atoms with van der Waals surface area (Å²) in [5.74, 6) is -0.0223. The van der Waals surface area contributed by atoms with Crippen molar-refractivity contribution in [2.75, 3.05) is 6.54 Å². The van der Waals surface area contributed by atoms with Crippen molar-refractivity contribution in [1.29, 1.82) is 0 Å². The molecule has 1 rings (SSSR count). The third-order valence-corrected chi connectivity index (χ3v) is 3.07. The average Bonchev–Trinajstić information content (AvgIpc) is 2.83. The molecule has 1 amide bonds. The number of aliphatic carboxylic acids is 1. The molecule has 0 bridgehead atoms. The van der Waals surface area contributed by atoms with Crippen molar-refractivity contribution in [3.63, 3.8) is 0 Å². The van der Waals surface area contributed by atoms with E-state index >= 15 is 0 Å². The van der Waals surface area contributed by atoms with Crippen LogP contribution in [0.5, 0.6) is 0 Å². The molecule has 3 N–H and O–H groups in total. The van der Waals surface area contributed by atoms with Crippen molar-refractivity contribution >= 4 is 11.9 Å². The van der Waals surface area contributed by atoms with Gasteiger partial charge in [-0.25, -0.2) is 4.98 Å². The fourth-order valence-corrected chi connectivity index (χ4v) is 2.10. The number of nitrogens with zero attached hydrogens (tertiary/aromatic N) is 2. The first-order chi connectivity index (χ1) is 9.79. The van der Waals surface area contributed by atoms with Gasteiger partial charge in [0.1, 0.15) is 5.82 Å². The van der Waals surface area contributed by atoms with Gasteiger partial charge in [0, 0.05) is 18.9 Å². The first-order valence-electron chi connectivity index (χ1n) is 7.21. The second-order valence-electron chi connectivity index (χ2n) is 6.00. The van der Waals surface area contributed by atoms with Gasteiger partial charge in [0.25, 0.3) is 5.91 Å². The average molecular weight is 296 g/mol. The lowest BCUT2D eigenvalue weighted by Crippen LogP contribution is -2.31. The molecule has 1 heterocycles. The fraction of sp³-hybridized carbons (Fsp3) is 0.714. The number of aromatic amines is 1. The van der Waals surface area contributed by atoms with E-state index in [1.54, 1.807) is 0 Å². The Balaban J connectivity index is 2.57. The fourth-order valence-electron chi connectivity index (χ4n) is 2.10. The van der Waals surface area contributed by atoms with Crippen molar-refractivity contribution in [1.82, 2.24) is 20.5 Å². The van der Waals surface area contributed by atoms with Crippen LogP contribution in [0, 0.1) is 11.8 Å². The first kappa shape index (κ1) is 17.1. The van der Waals surface area contributed by atoms with Crippen LogP contribution in [-0.4, -0.2) is 38.7 Å². The molecule has 0 aliphatic carbocycles. The number of carboxylic acids is 1. The Morgan fingerprint density at radius 2 is 1.95 bits per heavy atom. The number of hydrogen-bond acceptors (Lipinski definition) is 4. The van der Waals surface area contributed by atoms with Crippen molar-refractivity contribution in [3.05, 3.63) is 11.6 Å². The lowest BCUT2D eigenvalue weighted by Gasteiger charge is -2.17. The number of H-pyrrole nitrogens is 1. The van der Waals surface area contributed by atoms with E-state index < -0.39 is 5.97 Å². The maximum Gasteiger partial charge on any atom is 0.303 e. The molecule has 7 nitrogen and oxygen atoms in total. The Labute approximate surface area is 124 Å². The normalized spacial score (nSPS) is 12.7. The molecule has 0 aromatic carbocycles. The predicted molar refractivity (Wildman–Crippen MR) is 78.0 cm³/mol. The minimum Gasteiger partial charge on any atom is -0.481 e. The Morgan fingerprint density at radius 1 is 1.29 bits per heavy atom. The van der Waals surface area contributed by atoms with E-state index in [-0.39, 0.29) is 30.0 Å².